The van der Waals surface area contributed by atoms with Gasteiger partial charge in [-0.05, 0) is 48.9 Å². The van der Waals surface area contributed by atoms with Gasteiger partial charge in [0.2, 0.25) is 11.2 Å². The predicted molar refractivity (Wildman–Crippen MR) is 107 cm³/mol. The second-order valence-corrected chi connectivity index (χ2v) is 6.27. The minimum atomic E-state index is -0.891. The maximum Gasteiger partial charge on any atom is 0.519 e. The van der Waals surface area contributed by atoms with Crippen LogP contribution in [0.5, 0.6) is 23.0 Å². The number of para-hydroxylation sites is 1. The molecule has 29 heavy (non-hydrogen) atoms. The summed E-state index contributed by atoms with van der Waals surface area (Å²) in [7, 11) is 0. The van der Waals surface area contributed by atoms with Crippen LogP contribution in [0.2, 0.25) is 0 Å². The lowest BCUT2D eigenvalue weighted by molar-refractivity contribution is 0.152. The molecular weight excluding hydrogens is 372 g/mol. The summed E-state index contributed by atoms with van der Waals surface area (Å²) in [5, 5.41) is 0.305. The van der Waals surface area contributed by atoms with Gasteiger partial charge >= 0.3 is 6.16 Å². The van der Waals surface area contributed by atoms with E-state index in [-0.39, 0.29) is 22.5 Å². The Morgan fingerprint density at radius 2 is 1.59 bits per heavy atom. The first-order valence-electron chi connectivity index (χ1n) is 8.83. The Balaban J connectivity index is 1.54. The fourth-order valence-corrected chi connectivity index (χ4v) is 2.73. The van der Waals surface area contributed by atoms with Crippen LogP contribution in [0.1, 0.15) is 5.56 Å². The molecule has 0 saturated carbocycles. The maximum absolute atomic E-state index is 12.7. The third kappa shape index (κ3) is 4.27. The van der Waals surface area contributed by atoms with E-state index in [2.05, 4.69) is 0 Å². The van der Waals surface area contributed by atoms with Crippen molar-refractivity contribution >= 4 is 17.1 Å². The first-order valence-corrected chi connectivity index (χ1v) is 8.83. The van der Waals surface area contributed by atoms with Crippen molar-refractivity contribution in [3.05, 3.63) is 94.8 Å². The molecule has 144 valence electrons. The molecule has 0 aliphatic rings. The van der Waals surface area contributed by atoms with Crippen LogP contribution in [-0.4, -0.2) is 6.16 Å². The highest BCUT2D eigenvalue weighted by Crippen LogP contribution is 2.25. The van der Waals surface area contributed by atoms with E-state index in [4.69, 9.17) is 18.6 Å². The molecule has 6 nitrogen and oxygen atoms in total. The van der Waals surface area contributed by atoms with Gasteiger partial charge in [-0.1, -0.05) is 30.3 Å². The zero-order valence-electron chi connectivity index (χ0n) is 15.5. The van der Waals surface area contributed by atoms with Crippen LogP contribution in [-0.2, 0) is 0 Å². The molecule has 0 aliphatic heterocycles. The van der Waals surface area contributed by atoms with Gasteiger partial charge in [0.1, 0.15) is 29.1 Å². The molecule has 4 aromatic rings. The molecule has 0 spiro atoms. The summed E-state index contributed by atoms with van der Waals surface area (Å²) < 4.78 is 21.4. The highest BCUT2D eigenvalue weighted by Gasteiger charge is 2.13. The van der Waals surface area contributed by atoms with Crippen molar-refractivity contribution in [3.63, 3.8) is 0 Å². The number of hydrogen-bond donors (Lipinski definition) is 0. The molecule has 0 unspecified atom stereocenters. The highest BCUT2D eigenvalue weighted by molar-refractivity contribution is 5.80. The molecule has 0 amide bonds. The molecule has 1 heterocycles. The molecule has 6 heteroatoms. The van der Waals surface area contributed by atoms with Gasteiger partial charge in [-0.25, -0.2) is 4.79 Å². The summed E-state index contributed by atoms with van der Waals surface area (Å²) >= 11 is 0. The van der Waals surface area contributed by atoms with E-state index in [1.165, 1.54) is 24.5 Å². The van der Waals surface area contributed by atoms with E-state index in [1.807, 2.05) is 25.1 Å². The minimum Gasteiger partial charge on any atom is -0.460 e. The molecule has 0 atom stereocenters. The molecule has 4 rings (SSSR count). The normalized spacial score (nSPS) is 10.5. The van der Waals surface area contributed by atoms with Crippen molar-refractivity contribution in [1.29, 1.82) is 0 Å². The molecule has 0 N–H and O–H groups in total. The van der Waals surface area contributed by atoms with E-state index < -0.39 is 6.16 Å². The van der Waals surface area contributed by atoms with E-state index in [9.17, 15) is 9.59 Å². The number of rotatable bonds is 4. The molecule has 0 fully saturated rings. The van der Waals surface area contributed by atoms with Crippen molar-refractivity contribution in [1.82, 2.24) is 0 Å². The monoisotopic (exact) mass is 388 g/mol. The lowest BCUT2D eigenvalue weighted by Gasteiger charge is -2.08. The summed E-state index contributed by atoms with van der Waals surface area (Å²) in [5.41, 5.74) is 0.944. The fraction of sp³-hybridized carbons (Fsp3) is 0.0435. The van der Waals surface area contributed by atoms with Crippen molar-refractivity contribution in [3.8, 4) is 23.0 Å². The van der Waals surface area contributed by atoms with Crippen LogP contribution in [0.4, 0.5) is 4.79 Å². The first-order chi connectivity index (χ1) is 14.1. The average molecular weight is 388 g/mol. The van der Waals surface area contributed by atoms with Crippen LogP contribution in [0.15, 0.2) is 88.3 Å². The first kappa shape index (κ1) is 18.3. The average Bonchev–Trinajstić information content (AvgIpc) is 2.71. The number of carbonyl (C=O) groups is 1. The third-order valence-electron chi connectivity index (χ3n) is 4.08. The Kier molecular flexibility index (Phi) is 4.99. The molecule has 3 aromatic carbocycles. The summed E-state index contributed by atoms with van der Waals surface area (Å²) in [4.78, 5) is 24.6. The van der Waals surface area contributed by atoms with Crippen molar-refractivity contribution in [2.75, 3.05) is 0 Å². The van der Waals surface area contributed by atoms with Gasteiger partial charge in [-0.3, -0.25) is 4.79 Å². The zero-order valence-corrected chi connectivity index (χ0v) is 15.5. The van der Waals surface area contributed by atoms with E-state index >= 15 is 0 Å². The molecule has 0 aliphatic carbocycles. The number of ether oxygens (including phenoxy) is 3. The second kappa shape index (κ2) is 7.90. The van der Waals surface area contributed by atoms with Crippen molar-refractivity contribution in [2.24, 2.45) is 0 Å². The van der Waals surface area contributed by atoms with Gasteiger partial charge in [0.15, 0.2) is 0 Å². The number of aryl methyl sites for hydroxylation is 1. The SMILES string of the molecule is Cc1cccc(Oc2coc3cc(OC(=O)Oc4ccccc4)ccc3c2=O)c1. The summed E-state index contributed by atoms with van der Waals surface area (Å²) in [6.07, 6.45) is 0.344. The standard InChI is InChI=1S/C23H16O6/c1-15-6-5-9-17(12-15)27-21-14-26-20-13-18(10-11-19(20)22(21)24)29-23(25)28-16-7-3-2-4-8-16/h2-14H,1H3. The van der Waals surface area contributed by atoms with Gasteiger partial charge in [0, 0.05) is 6.07 Å². The summed E-state index contributed by atoms with van der Waals surface area (Å²) in [6.45, 7) is 1.93. The van der Waals surface area contributed by atoms with Crippen molar-refractivity contribution in [2.45, 2.75) is 6.92 Å². The van der Waals surface area contributed by atoms with Crippen LogP contribution in [0, 0.1) is 6.92 Å². The summed E-state index contributed by atoms with van der Waals surface area (Å²) in [5.74, 6) is 1.16. The van der Waals surface area contributed by atoms with Crippen LogP contribution >= 0.6 is 0 Å². The maximum atomic E-state index is 12.7. The fourth-order valence-electron chi connectivity index (χ4n) is 2.73. The highest BCUT2D eigenvalue weighted by atomic mass is 16.7. The smallest absolute Gasteiger partial charge is 0.460 e. The summed E-state index contributed by atoms with van der Waals surface area (Å²) in [6, 6.07) is 20.3. The Morgan fingerprint density at radius 3 is 2.38 bits per heavy atom. The Hall–Kier alpha value is -4.06. The number of hydrogen-bond acceptors (Lipinski definition) is 6. The molecule has 0 radical (unpaired) electrons. The van der Waals surface area contributed by atoms with E-state index in [1.54, 1.807) is 36.4 Å². The molecular formula is C23H16O6. The van der Waals surface area contributed by atoms with Gasteiger partial charge < -0.3 is 18.6 Å². The topological polar surface area (TPSA) is 75.0 Å². The predicted octanol–water partition coefficient (Wildman–Crippen LogP) is 5.47. The molecule has 0 saturated heterocycles. The Morgan fingerprint density at radius 1 is 0.828 bits per heavy atom. The third-order valence-corrected chi connectivity index (χ3v) is 4.08. The van der Waals surface area contributed by atoms with Gasteiger partial charge in [0.05, 0.1) is 5.39 Å². The number of benzene rings is 3. The lowest BCUT2D eigenvalue weighted by Crippen LogP contribution is -2.13. The quantitative estimate of drug-likeness (QED) is 0.341. The largest absolute Gasteiger partial charge is 0.519 e. The van der Waals surface area contributed by atoms with Crippen LogP contribution < -0.4 is 19.6 Å². The lowest BCUT2D eigenvalue weighted by atomic mass is 10.2. The minimum absolute atomic E-state index is 0.0697. The van der Waals surface area contributed by atoms with Gasteiger partial charge in [0.25, 0.3) is 0 Å². The van der Waals surface area contributed by atoms with Gasteiger partial charge in [-0.15, -0.1) is 0 Å². The Bertz CT molecular complexity index is 1230. The number of carbonyl (C=O) groups excluding carboxylic acids is 1. The molecule has 1 aromatic heterocycles. The Labute approximate surface area is 165 Å². The van der Waals surface area contributed by atoms with Crippen molar-refractivity contribution < 1.29 is 23.4 Å². The van der Waals surface area contributed by atoms with Crippen LogP contribution in [0.3, 0.4) is 0 Å². The van der Waals surface area contributed by atoms with Gasteiger partial charge in [-0.2, -0.15) is 0 Å². The second-order valence-electron chi connectivity index (χ2n) is 6.27. The molecule has 0 bridgehead atoms. The van der Waals surface area contributed by atoms with E-state index in [0.29, 0.717) is 16.9 Å². The number of fused-ring (bicyclic) bond motifs is 1. The zero-order chi connectivity index (χ0) is 20.2. The van der Waals surface area contributed by atoms with E-state index in [0.717, 1.165) is 5.56 Å². The van der Waals surface area contributed by atoms with Crippen LogP contribution in [0.25, 0.3) is 11.0 Å².